The van der Waals surface area contributed by atoms with Gasteiger partial charge in [0.15, 0.2) is 0 Å². The highest BCUT2D eigenvalue weighted by atomic mass is 16.3. The van der Waals surface area contributed by atoms with Crippen molar-refractivity contribution in [3.63, 3.8) is 0 Å². The van der Waals surface area contributed by atoms with Gasteiger partial charge >= 0.3 is 0 Å². The van der Waals surface area contributed by atoms with E-state index in [1.54, 1.807) is 6.08 Å². The highest BCUT2D eigenvalue weighted by Crippen LogP contribution is 2.17. The smallest absolute Gasteiger partial charge is 0.220 e. The number of aliphatic hydroxyl groups is 2. The van der Waals surface area contributed by atoms with E-state index in [-0.39, 0.29) is 12.5 Å². The van der Waals surface area contributed by atoms with Gasteiger partial charge in [-0.25, -0.2) is 0 Å². The lowest BCUT2D eigenvalue weighted by Crippen LogP contribution is -2.45. The zero-order chi connectivity index (χ0) is 42.1. The Hall–Kier alpha value is -1.13. The molecule has 0 aliphatic carbocycles. The molecule has 58 heavy (non-hydrogen) atoms. The van der Waals surface area contributed by atoms with Gasteiger partial charge < -0.3 is 15.5 Å². The van der Waals surface area contributed by atoms with E-state index in [2.05, 4.69) is 31.3 Å². The van der Waals surface area contributed by atoms with Crippen molar-refractivity contribution in [3.05, 3.63) is 24.3 Å². The minimum absolute atomic E-state index is 0.0587. The zero-order valence-electron chi connectivity index (χ0n) is 39.6. The van der Waals surface area contributed by atoms with E-state index in [1.165, 1.54) is 250 Å². The molecule has 344 valence electrons. The zero-order valence-corrected chi connectivity index (χ0v) is 39.6. The van der Waals surface area contributed by atoms with Crippen LogP contribution in [0.25, 0.3) is 0 Å². The van der Waals surface area contributed by atoms with Gasteiger partial charge in [0.1, 0.15) is 0 Å². The molecule has 1 amide bonds. The second-order valence-electron chi connectivity index (χ2n) is 18.3. The molecule has 0 aromatic heterocycles. The molecule has 0 aromatic carbocycles. The number of unbranched alkanes of at least 4 members (excludes halogenated alkanes) is 40. The molecular formula is C54H105NO3. The summed E-state index contributed by atoms with van der Waals surface area (Å²) in [5.41, 5.74) is 0. The Morgan fingerprint density at radius 1 is 0.397 bits per heavy atom. The normalized spacial score (nSPS) is 13.0. The molecule has 4 heteroatoms. The van der Waals surface area contributed by atoms with Crippen LogP contribution in [0, 0.1) is 0 Å². The first-order chi connectivity index (χ1) is 28.7. The third-order valence-electron chi connectivity index (χ3n) is 12.4. The van der Waals surface area contributed by atoms with Crippen LogP contribution in [0.5, 0.6) is 0 Å². The lowest BCUT2D eigenvalue weighted by molar-refractivity contribution is -0.123. The van der Waals surface area contributed by atoms with Crippen molar-refractivity contribution >= 4 is 5.91 Å². The van der Waals surface area contributed by atoms with Gasteiger partial charge in [0.2, 0.25) is 5.91 Å². The van der Waals surface area contributed by atoms with Crippen LogP contribution in [0.2, 0.25) is 0 Å². The number of carbonyl (C=O) groups is 1. The molecule has 0 bridgehead atoms. The maximum absolute atomic E-state index is 12.4. The Bertz CT molecular complexity index is 840. The van der Waals surface area contributed by atoms with Crippen LogP contribution < -0.4 is 5.32 Å². The molecule has 4 nitrogen and oxygen atoms in total. The summed E-state index contributed by atoms with van der Waals surface area (Å²) in [5.74, 6) is -0.0587. The van der Waals surface area contributed by atoms with Crippen molar-refractivity contribution in [3.8, 4) is 0 Å². The highest BCUT2D eigenvalue weighted by molar-refractivity contribution is 5.76. The fraction of sp³-hybridized carbons (Fsp3) is 0.907. The van der Waals surface area contributed by atoms with E-state index >= 15 is 0 Å². The summed E-state index contributed by atoms with van der Waals surface area (Å²) in [6.07, 6.45) is 66.1. The third-order valence-corrected chi connectivity index (χ3v) is 12.4. The van der Waals surface area contributed by atoms with E-state index in [0.29, 0.717) is 6.42 Å². The molecule has 2 atom stereocenters. The second kappa shape index (κ2) is 50.2. The van der Waals surface area contributed by atoms with E-state index < -0.39 is 12.1 Å². The maximum atomic E-state index is 12.4. The maximum Gasteiger partial charge on any atom is 0.220 e. The van der Waals surface area contributed by atoms with Crippen molar-refractivity contribution < 1.29 is 15.0 Å². The first-order valence-corrected chi connectivity index (χ1v) is 26.6. The van der Waals surface area contributed by atoms with Gasteiger partial charge in [-0.1, -0.05) is 269 Å². The van der Waals surface area contributed by atoms with E-state index in [0.717, 1.165) is 25.7 Å². The SMILES string of the molecule is CCCCCCCCCC/C=C\CCCCCCCCCCCCCCCCCCCC(=O)NC(CO)C(O)/C=C/CCCCCCCCCCCCCCCCC. The first kappa shape index (κ1) is 56.9. The molecule has 0 spiro atoms. The molecule has 0 rings (SSSR count). The van der Waals surface area contributed by atoms with Crippen LogP contribution in [0.4, 0.5) is 0 Å². The predicted octanol–water partition coefficient (Wildman–Crippen LogP) is 17.1. The molecule has 0 aliphatic heterocycles. The summed E-state index contributed by atoms with van der Waals surface area (Å²) < 4.78 is 0. The lowest BCUT2D eigenvalue weighted by Gasteiger charge is -2.20. The van der Waals surface area contributed by atoms with Crippen LogP contribution in [-0.4, -0.2) is 34.9 Å². The van der Waals surface area contributed by atoms with Crippen LogP contribution in [0.3, 0.4) is 0 Å². The van der Waals surface area contributed by atoms with Crippen LogP contribution in [0.1, 0.15) is 296 Å². The van der Waals surface area contributed by atoms with E-state index in [4.69, 9.17) is 0 Å². The Kier molecular flexibility index (Phi) is 49.2. The molecule has 3 N–H and O–H groups in total. The van der Waals surface area contributed by atoms with Crippen molar-refractivity contribution in [1.29, 1.82) is 0 Å². The van der Waals surface area contributed by atoms with Gasteiger partial charge in [-0.3, -0.25) is 4.79 Å². The van der Waals surface area contributed by atoms with Gasteiger partial charge in [-0.15, -0.1) is 0 Å². The summed E-state index contributed by atoms with van der Waals surface area (Å²) in [6.45, 7) is 4.34. The lowest BCUT2D eigenvalue weighted by atomic mass is 10.0. The fourth-order valence-corrected chi connectivity index (χ4v) is 8.35. The van der Waals surface area contributed by atoms with Gasteiger partial charge in [0.25, 0.3) is 0 Å². The van der Waals surface area contributed by atoms with Gasteiger partial charge in [-0.2, -0.15) is 0 Å². The van der Waals surface area contributed by atoms with Crippen LogP contribution in [0.15, 0.2) is 24.3 Å². The molecule has 0 saturated carbocycles. The minimum Gasteiger partial charge on any atom is -0.394 e. The largest absolute Gasteiger partial charge is 0.394 e. The van der Waals surface area contributed by atoms with Crippen molar-refractivity contribution in [2.75, 3.05) is 6.61 Å². The third kappa shape index (κ3) is 45.9. The summed E-state index contributed by atoms with van der Waals surface area (Å²) in [5, 5.41) is 23.1. The molecular weight excluding hydrogens is 711 g/mol. The topological polar surface area (TPSA) is 69.6 Å². The minimum atomic E-state index is -0.836. The Balaban J connectivity index is 3.45. The molecule has 0 fully saturated rings. The van der Waals surface area contributed by atoms with Crippen molar-refractivity contribution in [2.45, 2.75) is 309 Å². The molecule has 0 saturated heterocycles. The fourth-order valence-electron chi connectivity index (χ4n) is 8.35. The average Bonchev–Trinajstić information content (AvgIpc) is 3.23. The summed E-state index contributed by atoms with van der Waals surface area (Å²) in [7, 11) is 0. The average molecular weight is 816 g/mol. The number of nitrogens with one attached hydrogen (secondary N) is 1. The molecule has 0 radical (unpaired) electrons. The Morgan fingerprint density at radius 3 is 0.948 bits per heavy atom. The van der Waals surface area contributed by atoms with Gasteiger partial charge in [-0.05, 0) is 44.9 Å². The number of amides is 1. The number of aliphatic hydroxyl groups excluding tert-OH is 2. The van der Waals surface area contributed by atoms with Crippen molar-refractivity contribution in [1.82, 2.24) is 5.32 Å². The Morgan fingerprint density at radius 2 is 0.655 bits per heavy atom. The molecule has 0 aromatic rings. The predicted molar refractivity (Wildman–Crippen MR) is 258 cm³/mol. The highest BCUT2D eigenvalue weighted by Gasteiger charge is 2.18. The van der Waals surface area contributed by atoms with Gasteiger partial charge in [0.05, 0.1) is 18.8 Å². The number of carbonyl (C=O) groups excluding carboxylic acids is 1. The number of rotatable bonds is 49. The summed E-state index contributed by atoms with van der Waals surface area (Å²) in [4.78, 5) is 12.4. The quantitative estimate of drug-likeness (QED) is 0.0423. The van der Waals surface area contributed by atoms with E-state index in [9.17, 15) is 15.0 Å². The van der Waals surface area contributed by atoms with Crippen LogP contribution in [-0.2, 0) is 4.79 Å². The first-order valence-electron chi connectivity index (χ1n) is 26.6. The van der Waals surface area contributed by atoms with Gasteiger partial charge in [0, 0.05) is 6.42 Å². The number of allylic oxidation sites excluding steroid dienone is 3. The number of hydrogen-bond donors (Lipinski definition) is 3. The van der Waals surface area contributed by atoms with E-state index in [1.807, 2.05) is 6.08 Å². The second-order valence-corrected chi connectivity index (χ2v) is 18.3. The number of hydrogen-bond acceptors (Lipinski definition) is 3. The van der Waals surface area contributed by atoms with Crippen molar-refractivity contribution in [2.24, 2.45) is 0 Å². The molecule has 0 heterocycles. The summed E-state index contributed by atoms with van der Waals surface area (Å²) in [6, 6.07) is -0.619. The standard InChI is InChI=1S/C54H105NO3/c1-3-5-7-9-11-13-15-17-19-21-22-23-24-25-26-27-28-29-30-31-32-34-36-38-40-42-44-46-48-50-54(58)55-52(51-56)53(57)49-47-45-43-41-39-37-35-33-20-18-16-14-12-10-8-6-4-2/h21-22,47,49,52-53,56-57H,3-20,23-46,48,50-51H2,1-2H3,(H,55,58)/b22-21-,49-47+. The monoisotopic (exact) mass is 816 g/mol. The Labute approximate surface area is 364 Å². The molecule has 2 unspecified atom stereocenters. The molecule has 0 aliphatic rings. The van der Waals surface area contributed by atoms with Crippen LogP contribution >= 0.6 is 0 Å². The summed E-state index contributed by atoms with van der Waals surface area (Å²) >= 11 is 0.